The van der Waals surface area contributed by atoms with Crippen LogP contribution in [0.3, 0.4) is 0 Å². The lowest BCUT2D eigenvalue weighted by molar-refractivity contribution is 0.628. The van der Waals surface area contributed by atoms with Crippen molar-refractivity contribution in [3.63, 3.8) is 0 Å². The number of anilines is 1. The van der Waals surface area contributed by atoms with E-state index in [1.165, 1.54) is 12.4 Å². The van der Waals surface area contributed by atoms with Crippen LogP contribution < -0.4 is 5.73 Å². The van der Waals surface area contributed by atoms with Gasteiger partial charge in [0, 0.05) is 22.7 Å². The minimum absolute atomic E-state index is 0.0615. The Morgan fingerprint density at radius 3 is 2.65 bits per heavy atom. The number of aromatic nitrogens is 3. The first-order chi connectivity index (χ1) is 12.5. The summed E-state index contributed by atoms with van der Waals surface area (Å²) in [4.78, 5) is 12.9. The Morgan fingerprint density at radius 2 is 1.85 bits per heavy atom. The van der Waals surface area contributed by atoms with Gasteiger partial charge in [-0.05, 0) is 54.4 Å². The summed E-state index contributed by atoms with van der Waals surface area (Å²) in [6.45, 7) is 1.98. The maximum Gasteiger partial charge on any atom is 0.141 e. The number of benzene rings is 2. The lowest BCUT2D eigenvalue weighted by Gasteiger charge is -2.12. The second kappa shape index (κ2) is 6.35. The van der Waals surface area contributed by atoms with Crippen molar-refractivity contribution in [1.82, 2.24) is 15.0 Å². The van der Waals surface area contributed by atoms with Crippen molar-refractivity contribution in [2.24, 2.45) is 0 Å². The zero-order chi connectivity index (χ0) is 18.3. The first-order valence-electron chi connectivity index (χ1n) is 7.96. The van der Waals surface area contributed by atoms with E-state index < -0.39 is 5.82 Å². The van der Waals surface area contributed by atoms with Crippen molar-refractivity contribution in [2.75, 3.05) is 5.73 Å². The molecule has 0 fully saturated rings. The SMILES string of the molecule is Cc1cc(-c2cccnc2-c2ccc(F)c(Cl)c2)cc2c(N)ncnc12. The van der Waals surface area contributed by atoms with Crippen LogP contribution in [0.5, 0.6) is 0 Å². The highest BCUT2D eigenvalue weighted by molar-refractivity contribution is 6.31. The maximum absolute atomic E-state index is 13.5. The monoisotopic (exact) mass is 364 g/mol. The summed E-state index contributed by atoms with van der Waals surface area (Å²) in [6, 6.07) is 12.4. The third-order valence-electron chi connectivity index (χ3n) is 4.27. The van der Waals surface area contributed by atoms with Crippen LogP contribution in [-0.2, 0) is 0 Å². The topological polar surface area (TPSA) is 64.7 Å². The second-order valence-electron chi connectivity index (χ2n) is 5.98. The fraction of sp³-hybridized carbons (Fsp3) is 0.0500. The minimum Gasteiger partial charge on any atom is -0.383 e. The second-order valence-corrected chi connectivity index (χ2v) is 6.38. The normalized spacial score (nSPS) is 11.0. The van der Waals surface area contributed by atoms with E-state index in [0.29, 0.717) is 11.5 Å². The quantitative estimate of drug-likeness (QED) is 0.541. The Morgan fingerprint density at radius 1 is 1.00 bits per heavy atom. The minimum atomic E-state index is -0.459. The van der Waals surface area contributed by atoms with Gasteiger partial charge in [0.25, 0.3) is 0 Å². The van der Waals surface area contributed by atoms with E-state index in [1.807, 2.05) is 31.2 Å². The van der Waals surface area contributed by atoms with Crippen LogP contribution in [0.1, 0.15) is 5.56 Å². The molecule has 26 heavy (non-hydrogen) atoms. The van der Waals surface area contributed by atoms with Gasteiger partial charge < -0.3 is 5.73 Å². The van der Waals surface area contributed by atoms with Crippen molar-refractivity contribution in [1.29, 1.82) is 0 Å². The predicted octanol–water partition coefficient (Wildman–Crippen LogP) is 5.04. The molecule has 2 N–H and O–H groups in total. The highest BCUT2D eigenvalue weighted by Gasteiger charge is 2.13. The molecule has 0 atom stereocenters. The van der Waals surface area contributed by atoms with Gasteiger partial charge in [-0.3, -0.25) is 4.98 Å². The van der Waals surface area contributed by atoms with Gasteiger partial charge in [-0.1, -0.05) is 17.7 Å². The Labute approximate surface area is 154 Å². The average molecular weight is 365 g/mol. The fourth-order valence-electron chi connectivity index (χ4n) is 3.03. The first kappa shape index (κ1) is 16.4. The molecule has 2 aromatic carbocycles. The summed E-state index contributed by atoms with van der Waals surface area (Å²) < 4.78 is 13.5. The van der Waals surface area contributed by atoms with Gasteiger partial charge in [0.2, 0.25) is 0 Å². The van der Waals surface area contributed by atoms with Crippen LogP contribution in [0.15, 0.2) is 55.0 Å². The van der Waals surface area contributed by atoms with Gasteiger partial charge in [0.15, 0.2) is 0 Å². The standard InChI is InChI=1S/C20H14ClFN4/c1-11-7-13(8-15-18(11)25-10-26-20(15)23)14-3-2-6-24-19(14)12-4-5-17(22)16(21)9-12/h2-10H,1H3,(H2,23,25,26). The molecule has 0 bridgehead atoms. The molecule has 2 aromatic heterocycles. The van der Waals surface area contributed by atoms with Gasteiger partial charge >= 0.3 is 0 Å². The van der Waals surface area contributed by atoms with Crippen LogP contribution in [0.25, 0.3) is 33.3 Å². The van der Waals surface area contributed by atoms with E-state index in [0.717, 1.165) is 33.2 Å². The Hall–Kier alpha value is -3.05. The molecule has 0 spiro atoms. The molecule has 0 aliphatic heterocycles. The van der Waals surface area contributed by atoms with Gasteiger partial charge in [0.05, 0.1) is 16.2 Å². The molecule has 0 saturated carbocycles. The molecule has 0 unspecified atom stereocenters. The molecule has 0 saturated heterocycles. The van der Waals surface area contributed by atoms with E-state index in [2.05, 4.69) is 15.0 Å². The average Bonchev–Trinajstić information content (AvgIpc) is 2.65. The summed E-state index contributed by atoms with van der Waals surface area (Å²) in [7, 11) is 0. The molecule has 6 heteroatoms. The van der Waals surface area contributed by atoms with E-state index in [9.17, 15) is 4.39 Å². The van der Waals surface area contributed by atoms with E-state index in [1.54, 1.807) is 18.3 Å². The maximum atomic E-state index is 13.5. The number of rotatable bonds is 2. The van der Waals surface area contributed by atoms with Crippen molar-refractivity contribution in [3.05, 3.63) is 71.4 Å². The Bertz CT molecular complexity index is 1140. The predicted molar refractivity (Wildman–Crippen MR) is 102 cm³/mol. The molecular weight excluding hydrogens is 351 g/mol. The molecule has 128 valence electrons. The number of fused-ring (bicyclic) bond motifs is 1. The van der Waals surface area contributed by atoms with Crippen molar-refractivity contribution in [2.45, 2.75) is 6.92 Å². The number of halogens is 2. The Balaban J connectivity index is 1.96. The molecule has 0 radical (unpaired) electrons. The lowest BCUT2D eigenvalue weighted by Crippen LogP contribution is -1.96. The third-order valence-corrected chi connectivity index (χ3v) is 4.56. The van der Waals surface area contributed by atoms with Crippen LogP contribution in [0.4, 0.5) is 10.2 Å². The number of hydrogen-bond acceptors (Lipinski definition) is 4. The zero-order valence-corrected chi connectivity index (χ0v) is 14.6. The number of pyridine rings is 1. The third kappa shape index (κ3) is 2.76. The van der Waals surface area contributed by atoms with Crippen molar-refractivity contribution < 1.29 is 4.39 Å². The van der Waals surface area contributed by atoms with Crippen molar-refractivity contribution >= 4 is 28.3 Å². The molecule has 4 aromatic rings. The fourth-order valence-corrected chi connectivity index (χ4v) is 3.21. The molecule has 0 amide bonds. The summed E-state index contributed by atoms with van der Waals surface area (Å²) in [6.07, 6.45) is 3.15. The highest BCUT2D eigenvalue weighted by atomic mass is 35.5. The summed E-state index contributed by atoms with van der Waals surface area (Å²) in [5.41, 5.74) is 11.1. The van der Waals surface area contributed by atoms with Crippen LogP contribution in [-0.4, -0.2) is 15.0 Å². The summed E-state index contributed by atoms with van der Waals surface area (Å²) >= 11 is 5.95. The van der Waals surface area contributed by atoms with Gasteiger partial charge in [-0.2, -0.15) is 0 Å². The number of nitrogens with zero attached hydrogens (tertiary/aromatic N) is 3. The number of nitrogen functional groups attached to an aromatic ring is 1. The molecule has 2 heterocycles. The largest absolute Gasteiger partial charge is 0.383 e. The molecule has 4 rings (SSSR count). The van der Waals surface area contributed by atoms with Crippen molar-refractivity contribution in [3.8, 4) is 22.4 Å². The van der Waals surface area contributed by atoms with E-state index >= 15 is 0 Å². The summed E-state index contributed by atoms with van der Waals surface area (Å²) in [5.74, 6) is -0.0328. The van der Waals surface area contributed by atoms with Gasteiger partial charge in [-0.25, -0.2) is 14.4 Å². The molecule has 0 aliphatic carbocycles. The molecular formula is C20H14ClFN4. The van der Waals surface area contributed by atoms with Crippen LogP contribution in [0, 0.1) is 12.7 Å². The highest BCUT2D eigenvalue weighted by Crippen LogP contribution is 2.35. The molecule has 4 nitrogen and oxygen atoms in total. The van der Waals surface area contributed by atoms with E-state index in [-0.39, 0.29) is 5.02 Å². The van der Waals surface area contributed by atoms with Gasteiger partial charge in [-0.15, -0.1) is 0 Å². The number of hydrogen-bond donors (Lipinski definition) is 1. The first-order valence-corrected chi connectivity index (χ1v) is 8.34. The van der Waals surface area contributed by atoms with Crippen LogP contribution >= 0.6 is 11.6 Å². The number of nitrogens with two attached hydrogens (primary N) is 1. The smallest absolute Gasteiger partial charge is 0.141 e. The number of aryl methyl sites for hydroxylation is 1. The van der Waals surface area contributed by atoms with Crippen LogP contribution in [0.2, 0.25) is 5.02 Å². The zero-order valence-electron chi connectivity index (χ0n) is 13.9. The van der Waals surface area contributed by atoms with E-state index in [4.69, 9.17) is 17.3 Å². The lowest BCUT2D eigenvalue weighted by atomic mass is 9.96. The summed E-state index contributed by atoms with van der Waals surface area (Å²) in [5, 5.41) is 0.848. The molecule has 0 aliphatic rings. The van der Waals surface area contributed by atoms with Gasteiger partial charge in [0.1, 0.15) is 18.0 Å². The Kier molecular flexibility index (Phi) is 4.01.